The highest BCUT2D eigenvalue weighted by Crippen LogP contribution is 2.32. The quantitative estimate of drug-likeness (QED) is 0.545. The van der Waals surface area contributed by atoms with Gasteiger partial charge in [-0.05, 0) is 50.3 Å². The summed E-state index contributed by atoms with van der Waals surface area (Å²) in [5, 5.41) is 24.8. The zero-order chi connectivity index (χ0) is 22.5. The number of carbonyl (C=O) groups excluding carboxylic acids is 1. The minimum atomic E-state index is -0.460. The molecule has 10 heteroatoms. The molecular weight excluding hydrogens is 453 g/mol. The summed E-state index contributed by atoms with van der Waals surface area (Å²) in [4.78, 5) is 12.4. The van der Waals surface area contributed by atoms with Gasteiger partial charge < -0.3 is 20.5 Å². The summed E-state index contributed by atoms with van der Waals surface area (Å²) >= 11 is 11.9. The predicted molar refractivity (Wildman–Crippen MR) is 123 cm³/mol. The molecule has 3 atom stereocenters. The van der Waals surface area contributed by atoms with Crippen LogP contribution in [0, 0.1) is 0 Å². The van der Waals surface area contributed by atoms with Crippen molar-refractivity contribution in [3.8, 4) is 0 Å². The maximum Gasteiger partial charge on any atom is 0.319 e. The van der Waals surface area contributed by atoms with Crippen molar-refractivity contribution in [3.63, 3.8) is 0 Å². The number of hydrogen-bond acceptors (Lipinski definition) is 5. The van der Waals surface area contributed by atoms with Gasteiger partial charge >= 0.3 is 6.03 Å². The van der Waals surface area contributed by atoms with E-state index in [1.165, 1.54) is 25.7 Å². The SMILES string of the molecule is O=C(Nc1ccc(Cl)c(Cl)c1)N[C@@H]1CC[C@@H](CCn2cc(C3CCCC3)nn2)O[C@@H]1CO. The molecule has 0 spiro atoms. The summed E-state index contributed by atoms with van der Waals surface area (Å²) in [6.45, 7) is 0.557. The molecule has 174 valence electrons. The molecule has 0 bridgehead atoms. The molecule has 0 unspecified atom stereocenters. The van der Waals surface area contributed by atoms with Crippen LogP contribution in [-0.2, 0) is 11.3 Å². The van der Waals surface area contributed by atoms with Crippen molar-refractivity contribution in [1.82, 2.24) is 20.3 Å². The third-order valence-electron chi connectivity index (χ3n) is 6.30. The first-order chi connectivity index (χ1) is 15.5. The van der Waals surface area contributed by atoms with Crippen LogP contribution in [0.2, 0.25) is 10.0 Å². The summed E-state index contributed by atoms with van der Waals surface area (Å²) in [7, 11) is 0. The van der Waals surface area contributed by atoms with Gasteiger partial charge in [0.2, 0.25) is 0 Å². The molecule has 1 aromatic heterocycles. The van der Waals surface area contributed by atoms with E-state index in [1.54, 1.807) is 18.2 Å². The third-order valence-corrected chi connectivity index (χ3v) is 7.04. The summed E-state index contributed by atoms with van der Waals surface area (Å²) in [5.41, 5.74) is 1.63. The molecule has 3 N–H and O–H groups in total. The van der Waals surface area contributed by atoms with Crippen molar-refractivity contribution in [3.05, 3.63) is 40.1 Å². The Morgan fingerprint density at radius 2 is 2.00 bits per heavy atom. The van der Waals surface area contributed by atoms with E-state index in [9.17, 15) is 9.90 Å². The van der Waals surface area contributed by atoms with E-state index in [1.807, 2.05) is 4.68 Å². The van der Waals surface area contributed by atoms with Gasteiger partial charge in [0.1, 0.15) is 6.10 Å². The van der Waals surface area contributed by atoms with Crippen LogP contribution >= 0.6 is 23.2 Å². The van der Waals surface area contributed by atoms with Crippen molar-refractivity contribution in [2.75, 3.05) is 11.9 Å². The standard InChI is InChI=1S/C22H29Cl2N5O3/c23-17-7-5-15(11-18(17)24)25-22(31)26-19-8-6-16(32-21(19)13-30)9-10-29-12-20(27-28-29)14-3-1-2-4-14/h5,7,11-12,14,16,19,21,30H,1-4,6,8-10,13H2,(H2,25,26,31)/t16-,19+,21+/m0/s1. The second-order valence-corrected chi connectivity index (χ2v) is 9.38. The number of hydrogen-bond donors (Lipinski definition) is 3. The van der Waals surface area contributed by atoms with Crippen molar-refractivity contribution < 1.29 is 14.6 Å². The van der Waals surface area contributed by atoms with E-state index < -0.39 is 6.10 Å². The molecule has 0 radical (unpaired) electrons. The molecule has 8 nitrogen and oxygen atoms in total. The number of aromatic nitrogens is 3. The van der Waals surface area contributed by atoms with Crippen molar-refractivity contribution in [2.45, 2.75) is 75.7 Å². The third kappa shape index (κ3) is 5.92. The molecule has 1 saturated heterocycles. The number of nitrogens with one attached hydrogen (secondary N) is 2. The predicted octanol–water partition coefficient (Wildman–Crippen LogP) is 4.36. The fourth-order valence-electron chi connectivity index (χ4n) is 4.53. The summed E-state index contributed by atoms with van der Waals surface area (Å²) in [6.07, 6.45) is 8.85. The number of amides is 2. The zero-order valence-electron chi connectivity index (χ0n) is 17.8. The smallest absolute Gasteiger partial charge is 0.319 e. The number of benzene rings is 1. The highest BCUT2D eigenvalue weighted by Gasteiger charge is 2.32. The van der Waals surface area contributed by atoms with Crippen molar-refractivity contribution in [1.29, 1.82) is 0 Å². The Hall–Kier alpha value is -1.87. The molecule has 2 amide bonds. The van der Waals surface area contributed by atoms with Gasteiger partial charge in [-0.2, -0.15) is 0 Å². The second-order valence-electron chi connectivity index (χ2n) is 8.57. The Kier molecular flexibility index (Phi) is 7.88. The van der Waals surface area contributed by atoms with Crippen LogP contribution in [-0.4, -0.2) is 51.0 Å². The van der Waals surface area contributed by atoms with Gasteiger partial charge in [0.25, 0.3) is 0 Å². The second kappa shape index (κ2) is 10.8. The van der Waals surface area contributed by atoms with Crippen LogP contribution in [0.4, 0.5) is 10.5 Å². The Morgan fingerprint density at radius 1 is 1.19 bits per heavy atom. The number of aliphatic hydroxyl groups is 1. The number of nitrogens with zero attached hydrogens (tertiary/aromatic N) is 3. The summed E-state index contributed by atoms with van der Waals surface area (Å²) in [5.74, 6) is 0.551. The van der Waals surface area contributed by atoms with E-state index in [0.717, 1.165) is 31.5 Å². The highest BCUT2D eigenvalue weighted by atomic mass is 35.5. The number of aryl methyl sites for hydroxylation is 1. The monoisotopic (exact) mass is 481 g/mol. The molecule has 1 aromatic carbocycles. The first-order valence-corrected chi connectivity index (χ1v) is 12.0. The fraction of sp³-hybridized carbons (Fsp3) is 0.591. The maximum absolute atomic E-state index is 12.4. The van der Waals surface area contributed by atoms with E-state index in [-0.39, 0.29) is 24.8 Å². The molecule has 1 aliphatic carbocycles. The molecule has 2 heterocycles. The molecule has 2 fully saturated rings. The van der Waals surface area contributed by atoms with Crippen LogP contribution in [0.3, 0.4) is 0 Å². The number of rotatable bonds is 7. The Balaban J connectivity index is 1.24. The topological polar surface area (TPSA) is 101 Å². The van der Waals surface area contributed by atoms with Crippen LogP contribution < -0.4 is 10.6 Å². The van der Waals surface area contributed by atoms with Gasteiger partial charge in [-0.15, -0.1) is 5.10 Å². The number of aliphatic hydroxyl groups excluding tert-OH is 1. The van der Waals surface area contributed by atoms with Gasteiger partial charge in [-0.3, -0.25) is 4.68 Å². The van der Waals surface area contributed by atoms with E-state index in [2.05, 4.69) is 27.1 Å². The number of urea groups is 1. The minimum absolute atomic E-state index is 0.00228. The lowest BCUT2D eigenvalue weighted by atomic mass is 9.97. The number of halogens is 2. The number of carbonyl (C=O) groups is 1. The van der Waals surface area contributed by atoms with Gasteiger partial charge in [0.15, 0.2) is 0 Å². The number of anilines is 1. The zero-order valence-corrected chi connectivity index (χ0v) is 19.4. The lowest BCUT2D eigenvalue weighted by Crippen LogP contribution is -2.52. The molecule has 2 aromatic rings. The first-order valence-electron chi connectivity index (χ1n) is 11.2. The largest absolute Gasteiger partial charge is 0.394 e. The lowest BCUT2D eigenvalue weighted by Gasteiger charge is -2.36. The Bertz CT molecular complexity index is 919. The number of ether oxygens (including phenoxy) is 1. The minimum Gasteiger partial charge on any atom is -0.394 e. The Labute approximate surface area is 197 Å². The molecule has 4 rings (SSSR count). The normalized spacial score (nSPS) is 23.9. The molecule has 2 aliphatic rings. The van der Waals surface area contributed by atoms with Crippen LogP contribution in [0.25, 0.3) is 0 Å². The molecule has 1 aliphatic heterocycles. The van der Waals surface area contributed by atoms with E-state index in [4.69, 9.17) is 27.9 Å². The van der Waals surface area contributed by atoms with Crippen LogP contribution in [0.1, 0.15) is 56.6 Å². The van der Waals surface area contributed by atoms with Crippen LogP contribution in [0.15, 0.2) is 24.4 Å². The van der Waals surface area contributed by atoms with Gasteiger partial charge in [-0.25, -0.2) is 4.79 Å². The van der Waals surface area contributed by atoms with Gasteiger partial charge in [0.05, 0.1) is 34.5 Å². The maximum atomic E-state index is 12.4. The average molecular weight is 482 g/mol. The molecule has 1 saturated carbocycles. The highest BCUT2D eigenvalue weighted by molar-refractivity contribution is 6.42. The average Bonchev–Trinajstić information content (AvgIpc) is 3.47. The lowest BCUT2D eigenvalue weighted by molar-refractivity contribution is -0.0905. The van der Waals surface area contributed by atoms with Crippen LogP contribution in [0.5, 0.6) is 0 Å². The van der Waals surface area contributed by atoms with Gasteiger partial charge in [-0.1, -0.05) is 41.3 Å². The van der Waals surface area contributed by atoms with E-state index in [0.29, 0.717) is 21.7 Å². The Morgan fingerprint density at radius 3 is 2.75 bits per heavy atom. The first kappa shape index (κ1) is 23.3. The fourth-order valence-corrected chi connectivity index (χ4v) is 4.82. The van der Waals surface area contributed by atoms with Crippen molar-refractivity contribution >= 4 is 34.9 Å². The summed E-state index contributed by atoms with van der Waals surface area (Å²) < 4.78 is 7.96. The van der Waals surface area contributed by atoms with Gasteiger partial charge in [0, 0.05) is 24.3 Å². The van der Waals surface area contributed by atoms with E-state index >= 15 is 0 Å². The molecular formula is C22H29Cl2N5O3. The van der Waals surface area contributed by atoms with Crippen molar-refractivity contribution in [2.24, 2.45) is 0 Å². The molecule has 32 heavy (non-hydrogen) atoms. The summed E-state index contributed by atoms with van der Waals surface area (Å²) in [6, 6.07) is 4.22.